The molecule has 0 fully saturated rings. The lowest BCUT2D eigenvalue weighted by Crippen LogP contribution is -2.32. The zero-order valence-electron chi connectivity index (χ0n) is 13.3. The number of benzene rings is 2. The number of para-hydroxylation sites is 1. The smallest absolute Gasteiger partial charge is 0.345 e. The topological polar surface area (TPSA) is 75.6 Å². The molecule has 1 amide bonds. The molecule has 1 atom stereocenters. The lowest BCUT2D eigenvalue weighted by atomic mass is 10.1. The summed E-state index contributed by atoms with van der Waals surface area (Å²) < 4.78 is 5.46. The highest BCUT2D eigenvalue weighted by molar-refractivity contribution is 6.33. The van der Waals surface area contributed by atoms with E-state index in [1.165, 1.54) is 0 Å². The molecule has 5 nitrogen and oxygen atoms in total. The molecule has 24 heavy (non-hydrogen) atoms. The zero-order chi connectivity index (χ0) is 17.7. The van der Waals surface area contributed by atoms with E-state index in [4.69, 9.17) is 21.4 Å². The predicted molar refractivity (Wildman–Crippen MR) is 92.7 cm³/mol. The van der Waals surface area contributed by atoms with Gasteiger partial charge in [0.05, 0.1) is 10.7 Å². The van der Waals surface area contributed by atoms with Gasteiger partial charge in [-0.1, -0.05) is 37.6 Å². The fourth-order valence-corrected chi connectivity index (χ4v) is 2.24. The van der Waals surface area contributed by atoms with E-state index in [0.717, 1.165) is 0 Å². The number of nitrogens with one attached hydrogen (secondary N) is 1. The molecule has 0 aliphatic heterocycles. The summed E-state index contributed by atoms with van der Waals surface area (Å²) >= 11 is 6.01. The van der Waals surface area contributed by atoms with E-state index in [1.807, 2.05) is 0 Å². The van der Waals surface area contributed by atoms with Crippen LogP contribution in [0.5, 0.6) is 5.75 Å². The third-order valence-electron chi connectivity index (χ3n) is 3.35. The monoisotopic (exact) mass is 347 g/mol. The van der Waals surface area contributed by atoms with Crippen LogP contribution in [0.25, 0.3) is 0 Å². The minimum Gasteiger partial charge on any atom is -0.478 e. The fraction of sp³-hybridized carbons (Fsp3) is 0.222. The van der Waals surface area contributed by atoms with Crippen LogP contribution in [0.1, 0.15) is 24.2 Å². The molecule has 2 aromatic carbocycles. The van der Waals surface area contributed by atoms with Crippen LogP contribution >= 0.6 is 11.6 Å². The number of rotatable bonds is 6. The summed E-state index contributed by atoms with van der Waals surface area (Å²) in [6, 6.07) is 13.2. The summed E-state index contributed by atoms with van der Waals surface area (Å²) in [6.07, 6.45) is -0.937. The first-order valence-corrected chi connectivity index (χ1v) is 7.81. The molecule has 6 heteroatoms. The first-order valence-electron chi connectivity index (χ1n) is 7.44. The first-order chi connectivity index (χ1) is 11.4. The third-order valence-corrected chi connectivity index (χ3v) is 3.68. The molecule has 0 aliphatic rings. The Morgan fingerprint density at radius 1 is 1.08 bits per heavy atom. The summed E-state index contributed by atoms with van der Waals surface area (Å²) in [6.45, 7) is 3.54. The number of anilines is 1. The lowest BCUT2D eigenvalue weighted by molar-refractivity contribution is -0.147. The Hall–Kier alpha value is -2.53. The maximum absolute atomic E-state index is 12.2. The van der Waals surface area contributed by atoms with Gasteiger partial charge in [-0.05, 0) is 36.4 Å². The van der Waals surface area contributed by atoms with Crippen molar-refractivity contribution in [3.63, 3.8) is 0 Å². The van der Waals surface area contributed by atoms with Gasteiger partial charge in [0.1, 0.15) is 5.75 Å². The maximum atomic E-state index is 12.2. The molecule has 0 saturated heterocycles. The molecule has 0 saturated carbocycles. The van der Waals surface area contributed by atoms with E-state index in [0.29, 0.717) is 22.0 Å². The molecule has 0 radical (unpaired) electrons. The average Bonchev–Trinajstić information content (AvgIpc) is 2.54. The van der Waals surface area contributed by atoms with Crippen LogP contribution in [-0.4, -0.2) is 23.1 Å². The Kier molecular flexibility index (Phi) is 5.82. The number of hydrogen-bond acceptors (Lipinski definition) is 3. The highest BCUT2D eigenvalue weighted by Crippen LogP contribution is 2.22. The van der Waals surface area contributed by atoms with Gasteiger partial charge in [0.2, 0.25) is 0 Å². The number of carbonyl (C=O) groups is 2. The quantitative estimate of drug-likeness (QED) is 0.825. The Morgan fingerprint density at radius 2 is 1.71 bits per heavy atom. The van der Waals surface area contributed by atoms with Crippen molar-refractivity contribution in [1.29, 1.82) is 0 Å². The molecule has 2 N–H and O–H groups in total. The van der Waals surface area contributed by atoms with Gasteiger partial charge >= 0.3 is 5.97 Å². The van der Waals surface area contributed by atoms with Crippen LogP contribution in [0.15, 0.2) is 48.5 Å². The van der Waals surface area contributed by atoms with E-state index in [-0.39, 0.29) is 11.8 Å². The standard InChI is InChI=1S/C18H18ClNO4/c1-11(2)16(18(22)23)24-13-9-7-12(8-10-13)17(21)20-15-6-4-3-5-14(15)19/h3-11,16H,1-2H3,(H,20,21)(H,22,23). The summed E-state index contributed by atoms with van der Waals surface area (Å²) in [5.74, 6) is -1.12. The molecular formula is C18H18ClNO4. The summed E-state index contributed by atoms with van der Waals surface area (Å²) in [7, 11) is 0. The van der Waals surface area contributed by atoms with Crippen molar-refractivity contribution in [3.05, 3.63) is 59.1 Å². The van der Waals surface area contributed by atoms with Crippen molar-refractivity contribution < 1.29 is 19.4 Å². The molecule has 0 heterocycles. The SMILES string of the molecule is CC(C)C(Oc1ccc(C(=O)Nc2ccccc2Cl)cc1)C(=O)O. The van der Waals surface area contributed by atoms with Gasteiger partial charge in [-0.3, -0.25) is 4.79 Å². The van der Waals surface area contributed by atoms with Crippen LogP contribution in [0.4, 0.5) is 5.69 Å². The van der Waals surface area contributed by atoms with Crippen LogP contribution in [-0.2, 0) is 4.79 Å². The van der Waals surface area contributed by atoms with Crippen molar-refractivity contribution in [2.24, 2.45) is 5.92 Å². The van der Waals surface area contributed by atoms with Crippen LogP contribution in [0, 0.1) is 5.92 Å². The molecule has 126 valence electrons. The second-order valence-electron chi connectivity index (χ2n) is 5.58. The molecule has 0 aliphatic carbocycles. The van der Waals surface area contributed by atoms with Gasteiger partial charge in [0, 0.05) is 11.5 Å². The van der Waals surface area contributed by atoms with Gasteiger partial charge in [0.15, 0.2) is 6.10 Å². The van der Waals surface area contributed by atoms with E-state index >= 15 is 0 Å². The molecule has 0 spiro atoms. The second kappa shape index (κ2) is 7.84. The van der Waals surface area contributed by atoms with Crippen molar-refractivity contribution in [1.82, 2.24) is 0 Å². The molecule has 2 rings (SSSR count). The Labute approximate surface area is 145 Å². The highest BCUT2D eigenvalue weighted by atomic mass is 35.5. The van der Waals surface area contributed by atoms with E-state index in [1.54, 1.807) is 62.4 Å². The van der Waals surface area contributed by atoms with Crippen molar-refractivity contribution >= 4 is 29.2 Å². The third kappa shape index (κ3) is 4.49. The number of carboxylic acids is 1. The van der Waals surface area contributed by atoms with Gasteiger partial charge in [0.25, 0.3) is 5.91 Å². The van der Waals surface area contributed by atoms with Crippen molar-refractivity contribution in [2.45, 2.75) is 20.0 Å². The molecule has 0 bridgehead atoms. The normalized spacial score (nSPS) is 11.8. The molecular weight excluding hydrogens is 330 g/mol. The minimum atomic E-state index is -1.02. The van der Waals surface area contributed by atoms with E-state index < -0.39 is 12.1 Å². The first kappa shape index (κ1) is 17.8. The van der Waals surface area contributed by atoms with E-state index in [9.17, 15) is 9.59 Å². The second-order valence-corrected chi connectivity index (χ2v) is 5.99. The number of amides is 1. The summed E-state index contributed by atoms with van der Waals surface area (Å²) in [5, 5.41) is 12.3. The number of carboxylic acid groups (broad SMARTS) is 1. The van der Waals surface area contributed by atoms with Gasteiger partial charge in [-0.15, -0.1) is 0 Å². The fourth-order valence-electron chi connectivity index (χ4n) is 2.06. The van der Waals surface area contributed by atoms with Gasteiger partial charge < -0.3 is 15.2 Å². The number of hydrogen-bond donors (Lipinski definition) is 2. The highest BCUT2D eigenvalue weighted by Gasteiger charge is 2.23. The van der Waals surface area contributed by atoms with Gasteiger partial charge in [-0.2, -0.15) is 0 Å². The largest absolute Gasteiger partial charge is 0.478 e. The Balaban J connectivity index is 2.07. The average molecular weight is 348 g/mol. The summed E-state index contributed by atoms with van der Waals surface area (Å²) in [4.78, 5) is 23.4. The maximum Gasteiger partial charge on any atom is 0.345 e. The lowest BCUT2D eigenvalue weighted by Gasteiger charge is -2.18. The number of carbonyl (C=O) groups excluding carboxylic acids is 1. The predicted octanol–water partition coefficient (Wildman–Crippen LogP) is 4.08. The Bertz CT molecular complexity index is 728. The van der Waals surface area contributed by atoms with Crippen LogP contribution in [0.3, 0.4) is 0 Å². The molecule has 1 unspecified atom stereocenters. The Morgan fingerprint density at radius 3 is 2.25 bits per heavy atom. The minimum absolute atomic E-state index is 0.175. The van der Waals surface area contributed by atoms with Crippen molar-refractivity contribution in [3.8, 4) is 5.75 Å². The number of halogens is 1. The van der Waals surface area contributed by atoms with Gasteiger partial charge in [-0.25, -0.2) is 4.79 Å². The molecule has 0 aromatic heterocycles. The number of ether oxygens (including phenoxy) is 1. The van der Waals surface area contributed by atoms with E-state index in [2.05, 4.69) is 5.32 Å². The number of aliphatic carboxylic acids is 1. The van der Waals surface area contributed by atoms with Crippen LogP contribution < -0.4 is 10.1 Å². The summed E-state index contributed by atoms with van der Waals surface area (Å²) in [5.41, 5.74) is 0.939. The van der Waals surface area contributed by atoms with Crippen LogP contribution in [0.2, 0.25) is 5.02 Å². The molecule has 2 aromatic rings. The van der Waals surface area contributed by atoms with Crippen molar-refractivity contribution in [2.75, 3.05) is 5.32 Å². The zero-order valence-corrected chi connectivity index (χ0v) is 14.1.